The molecule has 1 amide bonds. The van der Waals surface area contributed by atoms with Gasteiger partial charge in [-0.3, -0.25) is 4.79 Å². The van der Waals surface area contributed by atoms with E-state index >= 15 is 0 Å². The Labute approximate surface area is 143 Å². The van der Waals surface area contributed by atoms with Gasteiger partial charge in [0.05, 0.1) is 13.5 Å². The number of methoxy groups -OCH3 is 1. The van der Waals surface area contributed by atoms with Crippen molar-refractivity contribution in [3.8, 4) is 5.75 Å². The lowest BCUT2D eigenvalue weighted by atomic mass is 10.0. The largest absolute Gasteiger partial charge is 0.497 e. The second kappa shape index (κ2) is 7.66. The number of benzene rings is 2. The van der Waals surface area contributed by atoms with Crippen LogP contribution in [0.15, 0.2) is 36.4 Å². The summed E-state index contributed by atoms with van der Waals surface area (Å²) in [6.07, 6.45) is 0.442. The van der Waals surface area contributed by atoms with Gasteiger partial charge in [0.25, 0.3) is 0 Å². The molecule has 1 saturated heterocycles. The number of halogens is 1. The van der Waals surface area contributed by atoms with Crippen LogP contribution in [-0.2, 0) is 11.2 Å². The van der Waals surface area contributed by atoms with E-state index in [1.165, 1.54) is 0 Å². The summed E-state index contributed by atoms with van der Waals surface area (Å²) in [6.45, 7) is 4.56. The molecule has 23 heavy (non-hydrogen) atoms. The lowest BCUT2D eigenvalue weighted by Crippen LogP contribution is -2.51. The molecule has 1 atom stereocenters. The molecule has 0 bridgehead atoms. The second-order valence-corrected chi connectivity index (χ2v) is 5.88. The molecule has 1 heterocycles. The first kappa shape index (κ1) is 17.6. The molecule has 0 spiro atoms. The maximum atomic E-state index is 12.6. The summed E-state index contributed by atoms with van der Waals surface area (Å²) >= 11 is 0. The minimum Gasteiger partial charge on any atom is -0.497 e. The standard InChI is InChI=1S/C18H22N2O2.ClH/c1-13-12-20(9-8-19-13)18(21)10-15-5-3-4-14-6-7-16(22-2)11-17(14)15;/h3-7,11,13,19H,8-10,12H2,1-2H3;1H/t13-;/m1./s1. The van der Waals surface area contributed by atoms with E-state index in [2.05, 4.69) is 18.3 Å². The van der Waals surface area contributed by atoms with Gasteiger partial charge in [-0.05, 0) is 35.4 Å². The van der Waals surface area contributed by atoms with E-state index in [1.54, 1.807) is 7.11 Å². The molecule has 1 aliphatic heterocycles. The minimum atomic E-state index is 0. The lowest BCUT2D eigenvalue weighted by molar-refractivity contribution is -0.131. The van der Waals surface area contributed by atoms with E-state index in [0.717, 1.165) is 41.7 Å². The van der Waals surface area contributed by atoms with E-state index in [-0.39, 0.29) is 18.3 Å². The first-order valence-corrected chi connectivity index (χ1v) is 7.74. The molecule has 1 fully saturated rings. The van der Waals surface area contributed by atoms with Crippen LogP contribution >= 0.6 is 12.4 Å². The number of rotatable bonds is 3. The third-order valence-corrected chi connectivity index (χ3v) is 4.24. The smallest absolute Gasteiger partial charge is 0.227 e. The fraction of sp³-hybridized carbons (Fsp3) is 0.389. The number of hydrogen-bond acceptors (Lipinski definition) is 3. The number of fused-ring (bicyclic) bond motifs is 1. The van der Waals surface area contributed by atoms with Crippen LogP contribution in [0.5, 0.6) is 5.75 Å². The number of piperazine rings is 1. The van der Waals surface area contributed by atoms with Gasteiger partial charge in [0.2, 0.25) is 5.91 Å². The number of carbonyl (C=O) groups excluding carboxylic acids is 1. The van der Waals surface area contributed by atoms with Gasteiger partial charge in [-0.25, -0.2) is 0 Å². The van der Waals surface area contributed by atoms with Gasteiger partial charge in [0, 0.05) is 25.7 Å². The van der Waals surface area contributed by atoms with E-state index in [9.17, 15) is 4.79 Å². The highest BCUT2D eigenvalue weighted by Gasteiger charge is 2.21. The Kier molecular flexibility index (Phi) is 5.85. The predicted octanol–water partition coefficient (Wildman–Crippen LogP) is 2.63. The van der Waals surface area contributed by atoms with E-state index in [1.807, 2.05) is 35.2 Å². The van der Waals surface area contributed by atoms with Gasteiger partial charge in [0.1, 0.15) is 5.75 Å². The summed E-state index contributed by atoms with van der Waals surface area (Å²) in [7, 11) is 1.66. The molecule has 5 heteroatoms. The van der Waals surface area contributed by atoms with Crippen molar-refractivity contribution in [3.05, 3.63) is 42.0 Å². The third-order valence-electron chi connectivity index (χ3n) is 4.24. The number of nitrogens with zero attached hydrogens (tertiary/aromatic N) is 1. The number of nitrogens with one attached hydrogen (secondary N) is 1. The van der Waals surface area contributed by atoms with Crippen molar-refractivity contribution < 1.29 is 9.53 Å². The normalized spacial score (nSPS) is 17.7. The quantitative estimate of drug-likeness (QED) is 0.938. The zero-order chi connectivity index (χ0) is 15.5. The minimum absolute atomic E-state index is 0. The maximum absolute atomic E-state index is 12.6. The van der Waals surface area contributed by atoms with E-state index in [0.29, 0.717) is 12.5 Å². The average molecular weight is 335 g/mol. The molecule has 2 aromatic carbocycles. The highest BCUT2D eigenvalue weighted by atomic mass is 35.5. The van der Waals surface area contributed by atoms with Gasteiger partial charge in [-0.2, -0.15) is 0 Å². The van der Waals surface area contributed by atoms with Crippen LogP contribution in [0, 0.1) is 0 Å². The summed E-state index contributed by atoms with van der Waals surface area (Å²) in [5.74, 6) is 1.02. The van der Waals surface area contributed by atoms with E-state index < -0.39 is 0 Å². The molecule has 0 aliphatic carbocycles. The highest BCUT2D eigenvalue weighted by molar-refractivity contribution is 5.91. The zero-order valence-electron chi connectivity index (χ0n) is 13.5. The highest BCUT2D eigenvalue weighted by Crippen LogP contribution is 2.24. The zero-order valence-corrected chi connectivity index (χ0v) is 14.4. The number of ether oxygens (including phenoxy) is 1. The average Bonchev–Trinajstić information content (AvgIpc) is 2.54. The Morgan fingerprint density at radius 1 is 1.35 bits per heavy atom. The third kappa shape index (κ3) is 3.95. The fourth-order valence-corrected chi connectivity index (χ4v) is 3.03. The monoisotopic (exact) mass is 334 g/mol. The molecular weight excluding hydrogens is 312 g/mol. The van der Waals surface area contributed by atoms with Crippen molar-refractivity contribution in [3.63, 3.8) is 0 Å². The number of carbonyl (C=O) groups is 1. The van der Waals surface area contributed by atoms with Crippen molar-refractivity contribution in [1.29, 1.82) is 0 Å². The molecule has 1 N–H and O–H groups in total. The van der Waals surface area contributed by atoms with Crippen LogP contribution in [-0.4, -0.2) is 43.6 Å². The van der Waals surface area contributed by atoms with Crippen molar-refractivity contribution in [2.24, 2.45) is 0 Å². The Morgan fingerprint density at radius 3 is 2.91 bits per heavy atom. The summed E-state index contributed by atoms with van der Waals surface area (Å²) in [5.41, 5.74) is 1.06. The van der Waals surface area contributed by atoms with Gasteiger partial charge in [-0.15, -0.1) is 12.4 Å². The number of hydrogen-bond donors (Lipinski definition) is 1. The molecule has 124 valence electrons. The van der Waals surface area contributed by atoms with Gasteiger partial charge in [-0.1, -0.05) is 24.3 Å². The van der Waals surface area contributed by atoms with Crippen LogP contribution in [0.1, 0.15) is 12.5 Å². The molecule has 0 aromatic heterocycles. The molecule has 0 saturated carbocycles. The van der Waals surface area contributed by atoms with Crippen LogP contribution in [0.3, 0.4) is 0 Å². The molecular formula is C18H23ClN2O2. The van der Waals surface area contributed by atoms with Crippen molar-refractivity contribution in [2.75, 3.05) is 26.7 Å². The first-order chi connectivity index (χ1) is 10.7. The fourth-order valence-electron chi connectivity index (χ4n) is 3.03. The summed E-state index contributed by atoms with van der Waals surface area (Å²) in [4.78, 5) is 14.5. The SMILES string of the molecule is COc1ccc2cccc(CC(=O)N3CCN[C@H](C)C3)c2c1.Cl. The lowest BCUT2D eigenvalue weighted by Gasteiger charge is -2.32. The molecule has 0 unspecified atom stereocenters. The van der Waals surface area contributed by atoms with Crippen molar-refractivity contribution in [2.45, 2.75) is 19.4 Å². The van der Waals surface area contributed by atoms with E-state index in [4.69, 9.17) is 4.74 Å². The second-order valence-electron chi connectivity index (χ2n) is 5.88. The van der Waals surface area contributed by atoms with Crippen molar-refractivity contribution in [1.82, 2.24) is 10.2 Å². The Bertz CT molecular complexity index is 690. The summed E-state index contributed by atoms with van der Waals surface area (Å²) < 4.78 is 5.31. The predicted molar refractivity (Wildman–Crippen MR) is 95.5 cm³/mol. The molecule has 0 radical (unpaired) electrons. The van der Waals surface area contributed by atoms with Gasteiger partial charge < -0.3 is 15.0 Å². The Hall–Kier alpha value is -1.78. The van der Waals surface area contributed by atoms with Crippen molar-refractivity contribution >= 4 is 29.1 Å². The number of amides is 1. The van der Waals surface area contributed by atoms with Crippen LogP contribution < -0.4 is 10.1 Å². The summed E-state index contributed by atoms with van der Waals surface area (Å²) in [6, 6.07) is 12.5. The van der Waals surface area contributed by atoms with Crippen LogP contribution in [0.2, 0.25) is 0 Å². The summed E-state index contributed by atoms with van der Waals surface area (Å²) in [5, 5.41) is 5.60. The molecule has 2 aromatic rings. The molecule has 1 aliphatic rings. The van der Waals surface area contributed by atoms with Gasteiger partial charge >= 0.3 is 0 Å². The van der Waals surface area contributed by atoms with Crippen LogP contribution in [0.25, 0.3) is 10.8 Å². The Balaban J connectivity index is 0.00000192. The molecule has 4 nitrogen and oxygen atoms in total. The van der Waals surface area contributed by atoms with Crippen LogP contribution in [0.4, 0.5) is 0 Å². The topological polar surface area (TPSA) is 41.6 Å². The van der Waals surface area contributed by atoms with Gasteiger partial charge in [0.15, 0.2) is 0 Å². The molecule has 3 rings (SSSR count). The maximum Gasteiger partial charge on any atom is 0.227 e. The Morgan fingerprint density at radius 2 is 2.17 bits per heavy atom. The first-order valence-electron chi connectivity index (χ1n) is 7.74.